The Morgan fingerprint density at radius 1 is 1.30 bits per heavy atom. The van der Waals surface area contributed by atoms with Crippen molar-refractivity contribution in [2.45, 2.75) is 45.4 Å². The molecule has 7 heteroatoms. The highest BCUT2D eigenvalue weighted by atomic mass is 32.1. The van der Waals surface area contributed by atoms with Gasteiger partial charge in [0.25, 0.3) is 5.91 Å². The smallest absolute Gasteiger partial charge is 0.270 e. The van der Waals surface area contributed by atoms with Gasteiger partial charge in [-0.05, 0) is 52.0 Å². The van der Waals surface area contributed by atoms with E-state index in [1.165, 1.54) is 23.5 Å². The highest BCUT2D eigenvalue weighted by molar-refractivity contribution is 7.13. The van der Waals surface area contributed by atoms with Gasteiger partial charge in [0.2, 0.25) is 0 Å². The maximum Gasteiger partial charge on any atom is 0.270 e. The van der Waals surface area contributed by atoms with Gasteiger partial charge in [0.15, 0.2) is 0 Å². The Morgan fingerprint density at radius 3 is 2.56 bits per heavy atom. The average molecular weight is 392 g/mol. The van der Waals surface area contributed by atoms with Crippen molar-refractivity contribution in [3.8, 4) is 10.6 Å². The van der Waals surface area contributed by atoms with E-state index in [-0.39, 0.29) is 29.5 Å². The van der Waals surface area contributed by atoms with Crippen molar-refractivity contribution in [2.75, 3.05) is 19.6 Å². The molecule has 3 rings (SSSR count). The molecule has 0 aliphatic carbocycles. The third-order valence-corrected chi connectivity index (χ3v) is 5.68. The number of amides is 1. The van der Waals surface area contributed by atoms with Gasteiger partial charge in [-0.3, -0.25) is 9.69 Å². The number of aromatic nitrogens is 1. The lowest BCUT2D eigenvalue weighted by molar-refractivity contribution is -0.0948. The van der Waals surface area contributed by atoms with Gasteiger partial charge < -0.3 is 10.1 Å². The number of carbonyl (C=O) groups is 1. The number of carbonyl (C=O) groups excluding carboxylic acids is 1. The Balaban J connectivity index is 1.61. The molecule has 5 nitrogen and oxygen atoms in total. The van der Waals surface area contributed by atoms with E-state index in [9.17, 15) is 9.18 Å². The van der Waals surface area contributed by atoms with Gasteiger partial charge >= 0.3 is 0 Å². The molecule has 2 aromatic rings. The second kappa shape index (κ2) is 8.04. The van der Waals surface area contributed by atoms with E-state index in [0.29, 0.717) is 17.2 Å². The molecule has 1 aromatic carbocycles. The Bertz CT molecular complexity index is 781. The maximum atomic E-state index is 13.1. The molecule has 2 atom stereocenters. The number of nitrogens with zero attached hydrogens (tertiary/aromatic N) is 2. The molecule has 0 spiro atoms. The van der Waals surface area contributed by atoms with Crippen molar-refractivity contribution in [3.05, 3.63) is 41.2 Å². The van der Waals surface area contributed by atoms with Crippen LogP contribution in [0.4, 0.5) is 4.39 Å². The molecule has 146 valence electrons. The molecule has 1 aliphatic rings. The molecular weight excluding hydrogens is 365 g/mol. The van der Waals surface area contributed by atoms with E-state index < -0.39 is 0 Å². The largest absolute Gasteiger partial charge is 0.373 e. The second-order valence-electron chi connectivity index (χ2n) is 7.70. The summed E-state index contributed by atoms with van der Waals surface area (Å²) < 4.78 is 18.9. The highest BCUT2D eigenvalue weighted by Crippen LogP contribution is 2.24. The standard InChI is InChI=1S/C20H26FN3O2S/c1-13-9-24(10-14(2)26-13)20(3,4)12-22-18(25)17-11-27-19(23-17)15-5-7-16(21)8-6-15/h5-8,11,13-14H,9-10,12H2,1-4H3,(H,22,25). The fourth-order valence-electron chi connectivity index (χ4n) is 3.27. The Hall–Kier alpha value is -1.83. The van der Waals surface area contributed by atoms with Crippen molar-refractivity contribution in [3.63, 3.8) is 0 Å². The van der Waals surface area contributed by atoms with Crippen molar-refractivity contribution in [2.24, 2.45) is 0 Å². The van der Waals surface area contributed by atoms with Crippen LogP contribution in [-0.2, 0) is 4.74 Å². The first kappa shape index (κ1) is 19.9. The van der Waals surface area contributed by atoms with E-state index in [2.05, 4.69) is 42.9 Å². The van der Waals surface area contributed by atoms with Crippen LogP contribution in [0.1, 0.15) is 38.2 Å². The first-order chi connectivity index (χ1) is 12.7. The topological polar surface area (TPSA) is 54.5 Å². The van der Waals surface area contributed by atoms with Crippen LogP contribution in [0.2, 0.25) is 0 Å². The molecule has 2 unspecified atom stereocenters. The maximum absolute atomic E-state index is 13.1. The number of ether oxygens (including phenoxy) is 1. The molecule has 2 heterocycles. The van der Waals surface area contributed by atoms with Crippen molar-refractivity contribution < 1.29 is 13.9 Å². The van der Waals surface area contributed by atoms with Crippen LogP contribution >= 0.6 is 11.3 Å². The number of rotatable bonds is 5. The summed E-state index contributed by atoms with van der Waals surface area (Å²) in [7, 11) is 0. The van der Waals surface area contributed by atoms with Gasteiger partial charge in [-0.25, -0.2) is 9.37 Å². The van der Waals surface area contributed by atoms with Crippen LogP contribution in [-0.4, -0.2) is 53.2 Å². The molecule has 27 heavy (non-hydrogen) atoms. The minimum Gasteiger partial charge on any atom is -0.373 e. The van der Waals surface area contributed by atoms with Gasteiger partial charge in [0.05, 0.1) is 12.2 Å². The third-order valence-electron chi connectivity index (χ3n) is 4.79. The van der Waals surface area contributed by atoms with Crippen LogP contribution in [0.3, 0.4) is 0 Å². The highest BCUT2D eigenvalue weighted by Gasteiger charge is 2.33. The molecule has 0 radical (unpaired) electrons. The third kappa shape index (κ3) is 4.91. The quantitative estimate of drug-likeness (QED) is 0.847. The number of benzene rings is 1. The summed E-state index contributed by atoms with van der Waals surface area (Å²) in [4.78, 5) is 19.3. The summed E-state index contributed by atoms with van der Waals surface area (Å²) in [6, 6.07) is 6.12. The molecule has 1 saturated heterocycles. The Morgan fingerprint density at radius 2 is 1.93 bits per heavy atom. The van der Waals surface area contributed by atoms with E-state index in [1.807, 2.05) is 0 Å². The Labute approximate surface area is 163 Å². The summed E-state index contributed by atoms with van der Waals surface area (Å²) in [5, 5.41) is 5.44. The van der Waals surface area contributed by atoms with E-state index >= 15 is 0 Å². The van der Waals surface area contributed by atoms with Gasteiger partial charge in [-0.1, -0.05) is 0 Å². The summed E-state index contributed by atoms with van der Waals surface area (Å²) in [6.07, 6.45) is 0.362. The van der Waals surface area contributed by atoms with E-state index in [1.54, 1.807) is 17.5 Å². The summed E-state index contributed by atoms with van der Waals surface area (Å²) in [5.41, 5.74) is 1.01. The predicted molar refractivity (Wildman–Crippen MR) is 106 cm³/mol. The first-order valence-electron chi connectivity index (χ1n) is 9.15. The summed E-state index contributed by atoms with van der Waals surface area (Å²) in [5.74, 6) is -0.482. The SMILES string of the molecule is CC1CN(C(C)(C)CNC(=O)c2csc(-c3ccc(F)cc3)n2)CC(C)O1. The second-order valence-corrected chi connectivity index (χ2v) is 8.56. The number of thiazole rings is 1. The molecule has 0 saturated carbocycles. The van der Waals surface area contributed by atoms with Gasteiger partial charge in [-0.15, -0.1) is 11.3 Å². The zero-order chi connectivity index (χ0) is 19.6. The monoisotopic (exact) mass is 391 g/mol. The van der Waals surface area contributed by atoms with E-state index in [0.717, 1.165) is 18.7 Å². The zero-order valence-electron chi connectivity index (χ0n) is 16.2. The molecule has 1 amide bonds. The lowest BCUT2D eigenvalue weighted by Gasteiger charge is -2.45. The van der Waals surface area contributed by atoms with Crippen molar-refractivity contribution >= 4 is 17.2 Å². The summed E-state index contributed by atoms with van der Waals surface area (Å²) in [6.45, 7) is 10.6. The lowest BCUT2D eigenvalue weighted by atomic mass is 10.00. The Kier molecular flexibility index (Phi) is 5.93. The van der Waals surface area contributed by atoms with E-state index in [4.69, 9.17) is 4.74 Å². The fraction of sp³-hybridized carbons (Fsp3) is 0.500. The van der Waals surface area contributed by atoms with Crippen LogP contribution in [0, 0.1) is 5.82 Å². The molecule has 1 fully saturated rings. The van der Waals surface area contributed by atoms with Crippen LogP contribution in [0.15, 0.2) is 29.6 Å². The number of morpholine rings is 1. The fourth-order valence-corrected chi connectivity index (χ4v) is 4.08. The molecule has 1 aromatic heterocycles. The van der Waals surface area contributed by atoms with Gasteiger partial charge in [0, 0.05) is 36.1 Å². The van der Waals surface area contributed by atoms with Gasteiger partial charge in [0.1, 0.15) is 16.5 Å². The number of hydrogen-bond donors (Lipinski definition) is 1. The van der Waals surface area contributed by atoms with Crippen molar-refractivity contribution in [1.82, 2.24) is 15.2 Å². The number of nitrogens with one attached hydrogen (secondary N) is 1. The minimum atomic E-state index is -0.290. The first-order valence-corrected chi connectivity index (χ1v) is 10.0. The van der Waals surface area contributed by atoms with Crippen LogP contribution in [0.5, 0.6) is 0 Å². The van der Waals surface area contributed by atoms with Crippen LogP contribution in [0.25, 0.3) is 10.6 Å². The van der Waals surface area contributed by atoms with Crippen LogP contribution < -0.4 is 5.32 Å². The molecule has 1 N–H and O–H groups in total. The number of halogens is 1. The average Bonchev–Trinajstić information content (AvgIpc) is 3.10. The molecule has 0 bridgehead atoms. The predicted octanol–water partition coefficient (Wildman–Crippen LogP) is 3.57. The number of hydrogen-bond acceptors (Lipinski definition) is 5. The molecular formula is C20H26FN3O2S. The zero-order valence-corrected chi connectivity index (χ0v) is 17.0. The minimum absolute atomic E-state index is 0.181. The lowest BCUT2D eigenvalue weighted by Crippen LogP contribution is -2.58. The van der Waals surface area contributed by atoms with Gasteiger partial charge in [-0.2, -0.15) is 0 Å². The molecule has 1 aliphatic heterocycles. The van der Waals surface area contributed by atoms with Crippen molar-refractivity contribution in [1.29, 1.82) is 0 Å². The normalized spacial score (nSPS) is 21.2. The summed E-state index contributed by atoms with van der Waals surface area (Å²) >= 11 is 1.38.